The Balaban J connectivity index is 2.54. The lowest BCUT2D eigenvalue weighted by Crippen LogP contribution is -2.44. The molecule has 0 bridgehead atoms. The molecule has 0 aromatic carbocycles. The van der Waals surface area contributed by atoms with Gasteiger partial charge in [-0.15, -0.1) is 0 Å². The first kappa shape index (κ1) is 12.9. The molecule has 1 aliphatic rings. The molecule has 1 N–H and O–H groups in total. The molecule has 1 rings (SSSR count). The van der Waals surface area contributed by atoms with Crippen molar-refractivity contribution in [3.8, 4) is 0 Å². The Morgan fingerprint density at radius 3 is 2.87 bits per heavy atom. The van der Waals surface area contributed by atoms with Gasteiger partial charge in [0.1, 0.15) is 6.67 Å². The van der Waals surface area contributed by atoms with Crippen molar-refractivity contribution < 1.29 is 4.39 Å². The predicted molar refractivity (Wildman–Crippen MR) is 62.9 cm³/mol. The molecule has 0 radical (unpaired) electrons. The van der Waals surface area contributed by atoms with Gasteiger partial charge >= 0.3 is 0 Å². The maximum atomic E-state index is 12.4. The predicted octanol–water partition coefficient (Wildman–Crippen LogP) is 2.05. The van der Waals surface area contributed by atoms with Gasteiger partial charge in [0.25, 0.3) is 0 Å². The van der Waals surface area contributed by atoms with Crippen LogP contribution in [0.1, 0.15) is 33.6 Å². The summed E-state index contributed by atoms with van der Waals surface area (Å²) in [4.78, 5) is 2.29. The molecule has 2 nitrogen and oxygen atoms in total. The van der Waals surface area contributed by atoms with E-state index in [1.54, 1.807) is 0 Å². The summed E-state index contributed by atoms with van der Waals surface area (Å²) in [7, 11) is 0. The topological polar surface area (TPSA) is 15.3 Å². The van der Waals surface area contributed by atoms with Crippen LogP contribution in [-0.4, -0.2) is 43.3 Å². The molecule has 0 aromatic rings. The number of rotatable bonds is 4. The second kappa shape index (κ2) is 6.44. The smallest absolute Gasteiger partial charge is 0.102 e. The van der Waals surface area contributed by atoms with Gasteiger partial charge in [0.15, 0.2) is 0 Å². The normalized spacial score (nSPS) is 31.2. The summed E-state index contributed by atoms with van der Waals surface area (Å²) in [6.07, 6.45) is 2.32. The lowest BCUT2D eigenvalue weighted by atomic mass is 9.99. The van der Waals surface area contributed by atoms with E-state index in [1.165, 1.54) is 6.42 Å². The van der Waals surface area contributed by atoms with Crippen molar-refractivity contribution in [1.29, 1.82) is 0 Å². The molecule has 3 atom stereocenters. The standard InChI is InChI=1S/C12H25FN2/c1-4-10(2)12-9-15(8-6-13)11(3)5-7-14-12/h10-12,14H,4-9H2,1-3H3. The summed E-state index contributed by atoms with van der Waals surface area (Å²) >= 11 is 0. The van der Waals surface area contributed by atoms with Gasteiger partial charge < -0.3 is 5.32 Å². The van der Waals surface area contributed by atoms with Gasteiger partial charge in [0, 0.05) is 25.2 Å². The monoisotopic (exact) mass is 216 g/mol. The number of hydrogen-bond donors (Lipinski definition) is 1. The van der Waals surface area contributed by atoms with Crippen LogP contribution in [0, 0.1) is 5.92 Å². The largest absolute Gasteiger partial charge is 0.312 e. The van der Waals surface area contributed by atoms with Crippen molar-refractivity contribution >= 4 is 0 Å². The highest BCUT2D eigenvalue weighted by molar-refractivity contribution is 4.83. The lowest BCUT2D eigenvalue weighted by molar-refractivity contribution is 0.175. The fourth-order valence-electron chi connectivity index (χ4n) is 2.24. The van der Waals surface area contributed by atoms with Crippen LogP contribution in [-0.2, 0) is 0 Å². The fourth-order valence-corrected chi connectivity index (χ4v) is 2.24. The lowest BCUT2D eigenvalue weighted by Gasteiger charge is -2.30. The van der Waals surface area contributed by atoms with E-state index in [0.29, 0.717) is 24.5 Å². The third-order valence-corrected chi connectivity index (χ3v) is 3.73. The van der Waals surface area contributed by atoms with E-state index in [4.69, 9.17) is 0 Å². The van der Waals surface area contributed by atoms with Gasteiger partial charge in [-0.3, -0.25) is 4.90 Å². The molecule has 0 aromatic heterocycles. The van der Waals surface area contributed by atoms with Gasteiger partial charge in [-0.2, -0.15) is 0 Å². The van der Waals surface area contributed by atoms with Crippen molar-refractivity contribution in [2.45, 2.75) is 45.7 Å². The Morgan fingerprint density at radius 2 is 2.27 bits per heavy atom. The summed E-state index contributed by atoms with van der Waals surface area (Å²) in [5.74, 6) is 0.678. The minimum Gasteiger partial charge on any atom is -0.312 e. The molecule has 1 saturated heterocycles. The summed E-state index contributed by atoms with van der Waals surface area (Å²) in [5.41, 5.74) is 0. The van der Waals surface area contributed by atoms with Gasteiger partial charge in [0.05, 0.1) is 0 Å². The summed E-state index contributed by atoms with van der Waals surface area (Å²) in [5, 5.41) is 3.59. The summed E-state index contributed by atoms with van der Waals surface area (Å²) < 4.78 is 12.4. The summed E-state index contributed by atoms with van der Waals surface area (Å²) in [6, 6.07) is 1.05. The molecular formula is C12H25FN2. The highest BCUT2D eigenvalue weighted by atomic mass is 19.1. The van der Waals surface area contributed by atoms with Gasteiger partial charge in [0.2, 0.25) is 0 Å². The summed E-state index contributed by atoms with van der Waals surface area (Å²) in [6.45, 7) is 9.14. The average Bonchev–Trinajstić information content (AvgIpc) is 2.41. The number of nitrogens with zero attached hydrogens (tertiary/aromatic N) is 1. The van der Waals surface area contributed by atoms with Crippen molar-refractivity contribution in [2.24, 2.45) is 5.92 Å². The quantitative estimate of drug-likeness (QED) is 0.774. The van der Waals surface area contributed by atoms with Crippen LogP contribution in [0.3, 0.4) is 0 Å². The maximum absolute atomic E-state index is 12.4. The van der Waals surface area contributed by atoms with E-state index in [9.17, 15) is 4.39 Å². The Bertz CT molecular complexity index is 175. The zero-order valence-electron chi connectivity index (χ0n) is 10.3. The molecule has 0 saturated carbocycles. The first-order valence-electron chi connectivity index (χ1n) is 6.22. The van der Waals surface area contributed by atoms with E-state index in [1.807, 2.05) is 0 Å². The van der Waals surface area contributed by atoms with Gasteiger partial charge in [-0.25, -0.2) is 4.39 Å². The van der Waals surface area contributed by atoms with Crippen molar-refractivity contribution in [3.05, 3.63) is 0 Å². The molecule has 1 fully saturated rings. The zero-order chi connectivity index (χ0) is 11.3. The molecule has 0 aliphatic carbocycles. The minimum atomic E-state index is -0.225. The SMILES string of the molecule is CCC(C)C1CN(CCF)C(C)CCN1. The van der Waals surface area contributed by atoms with E-state index >= 15 is 0 Å². The zero-order valence-corrected chi connectivity index (χ0v) is 10.3. The van der Waals surface area contributed by atoms with E-state index in [0.717, 1.165) is 19.5 Å². The molecule has 0 amide bonds. The Kier molecular flexibility index (Phi) is 5.54. The Labute approximate surface area is 93.2 Å². The number of hydrogen-bond acceptors (Lipinski definition) is 2. The van der Waals surface area contributed by atoms with Crippen molar-refractivity contribution in [1.82, 2.24) is 10.2 Å². The van der Waals surface area contributed by atoms with E-state index in [2.05, 4.69) is 31.0 Å². The van der Waals surface area contributed by atoms with Crippen LogP contribution in [0.5, 0.6) is 0 Å². The van der Waals surface area contributed by atoms with Crippen LogP contribution in [0.2, 0.25) is 0 Å². The molecule has 1 heterocycles. The third-order valence-electron chi connectivity index (χ3n) is 3.73. The highest BCUT2D eigenvalue weighted by Crippen LogP contribution is 2.15. The van der Waals surface area contributed by atoms with Gasteiger partial charge in [-0.05, 0) is 25.8 Å². The average molecular weight is 216 g/mol. The van der Waals surface area contributed by atoms with Crippen LogP contribution in [0.4, 0.5) is 4.39 Å². The van der Waals surface area contributed by atoms with Crippen LogP contribution in [0.25, 0.3) is 0 Å². The first-order chi connectivity index (χ1) is 7.19. The minimum absolute atomic E-state index is 0.225. The molecule has 3 unspecified atom stereocenters. The molecule has 1 aliphatic heterocycles. The number of alkyl halides is 1. The fraction of sp³-hybridized carbons (Fsp3) is 1.00. The molecule has 3 heteroatoms. The van der Waals surface area contributed by atoms with Crippen LogP contribution in [0.15, 0.2) is 0 Å². The van der Waals surface area contributed by atoms with Gasteiger partial charge in [-0.1, -0.05) is 20.3 Å². The van der Waals surface area contributed by atoms with E-state index < -0.39 is 0 Å². The molecule has 0 spiro atoms. The highest BCUT2D eigenvalue weighted by Gasteiger charge is 2.25. The maximum Gasteiger partial charge on any atom is 0.102 e. The Hall–Kier alpha value is -0.150. The Morgan fingerprint density at radius 1 is 1.53 bits per heavy atom. The van der Waals surface area contributed by atoms with Crippen molar-refractivity contribution in [2.75, 3.05) is 26.3 Å². The van der Waals surface area contributed by atoms with Crippen LogP contribution >= 0.6 is 0 Å². The second-order valence-electron chi connectivity index (χ2n) is 4.77. The molecular weight excluding hydrogens is 191 g/mol. The third kappa shape index (κ3) is 3.72. The van der Waals surface area contributed by atoms with E-state index in [-0.39, 0.29) is 6.67 Å². The van der Waals surface area contributed by atoms with Crippen molar-refractivity contribution in [3.63, 3.8) is 0 Å². The molecule has 15 heavy (non-hydrogen) atoms. The molecule has 90 valence electrons. The van der Waals surface area contributed by atoms with Crippen LogP contribution < -0.4 is 5.32 Å². The first-order valence-corrected chi connectivity index (χ1v) is 6.22. The number of nitrogens with one attached hydrogen (secondary N) is 1. The number of halogens is 1. The second-order valence-corrected chi connectivity index (χ2v) is 4.77.